The van der Waals surface area contributed by atoms with Gasteiger partial charge in [-0.15, -0.1) is 0 Å². The second-order valence-corrected chi connectivity index (χ2v) is 4.50. The van der Waals surface area contributed by atoms with Gasteiger partial charge in [0.2, 0.25) is 0 Å². The summed E-state index contributed by atoms with van der Waals surface area (Å²) in [4.78, 5) is 23.3. The number of aryl methyl sites for hydroxylation is 1. The third kappa shape index (κ3) is 2.82. The van der Waals surface area contributed by atoms with Crippen LogP contribution < -0.4 is 16.6 Å². The Kier molecular flexibility index (Phi) is 3.66. The average molecular weight is 263 g/mol. The fraction of sp³-hybridized carbons (Fsp3) is 0.417. The molecule has 0 spiro atoms. The Hall–Kier alpha value is -2.15. The van der Waals surface area contributed by atoms with E-state index in [1.807, 2.05) is 13.2 Å². The Bertz CT molecular complexity index is 695. The quantitative estimate of drug-likeness (QED) is 0.776. The summed E-state index contributed by atoms with van der Waals surface area (Å²) >= 11 is 0. The molecule has 2 aromatic rings. The fourth-order valence-electron chi connectivity index (χ4n) is 1.85. The average Bonchev–Trinajstić information content (AvgIpc) is 2.79. The Labute approximate surface area is 110 Å². The molecule has 0 saturated heterocycles. The summed E-state index contributed by atoms with van der Waals surface area (Å²) in [5.41, 5.74) is 1.11. The molecule has 0 bridgehead atoms. The van der Waals surface area contributed by atoms with E-state index < -0.39 is 0 Å². The van der Waals surface area contributed by atoms with Crippen LogP contribution in [-0.2, 0) is 34.2 Å². The minimum absolute atomic E-state index is 0.290. The summed E-state index contributed by atoms with van der Waals surface area (Å²) in [5.74, 6) is 0. The predicted octanol–water partition coefficient (Wildman–Crippen LogP) is -0.893. The van der Waals surface area contributed by atoms with Crippen LogP contribution in [0.15, 0.2) is 28.0 Å². The van der Waals surface area contributed by atoms with E-state index in [-0.39, 0.29) is 11.2 Å². The molecular formula is C12H17N5O2. The van der Waals surface area contributed by atoms with Gasteiger partial charge >= 0.3 is 5.69 Å². The van der Waals surface area contributed by atoms with Crippen molar-refractivity contribution < 1.29 is 0 Å². The van der Waals surface area contributed by atoms with E-state index in [0.717, 1.165) is 10.1 Å². The summed E-state index contributed by atoms with van der Waals surface area (Å²) in [7, 11) is 4.98. The van der Waals surface area contributed by atoms with Gasteiger partial charge in [-0.05, 0) is 0 Å². The lowest BCUT2D eigenvalue weighted by molar-refractivity contribution is 0.600. The first-order valence-corrected chi connectivity index (χ1v) is 5.93. The van der Waals surface area contributed by atoms with Crippen LogP contribution in [-0.4, -0.2) is 18.9 Å². The van der Waals surface area contributed by atoms with E-state index in [2.05, 4.69) is 10.4 Å². The smallest absolute Gasteiger partial charge is 0.307 e. The van der Waals surface area contributed by atoms with Crippen molar-refractivity contribution in [1.82, 2.24) is 24.2 Å². The molecule has 0 aromatic carbocycles. The number of hydrogen-bond donors (Lipinski definition) is 1. The highest BCUT2D eigenvalue weighted by Crippen LogP contribution is 1.96. The molecule has 2 heterocycles. The fourth-order valence-corrected chi connectivity index (χ4v) is 1.85. The molecule has 0 fully saturated rings. The predicted molar refractivity (Wildman–Crippen MR) is 70.7 cm³/mol. The monoisotopic (exact) mass is 263 g/mol. The Morgan fingerprint density at radius 3 is 2.53 bits per heavy atom. The van der Waals surface area contributed by atoms with Gasteiger partial charge in [0.1, 0.15) is 0 Å². The van der Waals surface area contributed by atoms with E-state index in [0.29, 0.717) is 18.8 Å². The van der Waals surface area contributed by atoms with Crippen LogP contribution in [0.5, 0.6) is 0 Å². The Morgan fingerprint density at radius 2 is 1.89 bits per heavy atom. The molecule has 0 amide bonds. The molecule has 2 rings (SSSR count). The highest BCUT2D eigenvalue weighted by atomic mass is 16.2. The summed E-state index contributed by atoms with van der Waals surface area (Å²) in [6.07, 6.45) is 3.69. The zero-order valence-corrected chi connectivity index (χ0v) is 11.3. The van der Waals surface area contributed by atoms with Crippen LogP contribution in [0.2, 0.25) is 0 Å². The molecular weight excluding hydrogens is 246 g/mol. The minimum Gasteiger partial charge on any atom is -0.307 e. The second kappa shape index (κ2) is 5.23. The topological polar surface area (TPSA) is 73.8 Å². The number of aromatic nitrogens is 4. The number of hydrogen-bond acceptors (Lipinski definition) is 4. The second-order valence-electron chi connectivity index (χ2n) is 4.50. The molecule has 0 saturated carbocycles. The van der Waals surface area contributed by atoms with Crippen molar-refractivity contribution in [2.24, 2.45) is 21.1 Å². The molecule has 19 heavy (non-hydrogen) atoms. The molecule has 1 N–H and O–H groups in total. The number of rotatable bonds is 4. The van der Waals surface area contributed by atoms with Gasteiger partial charge in [-0.3, -0.25) is 18.6 Å². The first-order valence-electron chi connectivity index (χ1n) is 5.93. The molecule has 0 aliphatic carbocycles. The lowest BCUT2D eigenvalue weighted by atomic mass is 10.3. The summed E-state index contributed by atoms with van der Waals surface area (Å²) in [5, 5.41) is 7.25. The van der Waals surface area contributed by atoms with Gasteiger partial charge in [0.05, 0.1) is 6.20 Å². The molecule has 7 heteroatoms. The summed E-state index contributed by atoms with van der Waals surface area (Å²) < 4.78 is 4.29. The van der Waals surface area contributed by atoms with E-state index in [1.54, 1.807) is 17.9 Å². The largest absolute Gasteiger partial charge is 0.330 e. The molecule has 0 unspecified atom stereocenters. The Balaban J connectivity index is 2.08. The number of nitrogens with one attached hydrogen (secondary N) is 1. The Morgan fingerprint density at radius 1 is 1.16 bits per heavy atom. The minimum atomic E-state index is -0.314. The van der Waals surface area contributed by atoms with Crippen molar-refractivity contribution in [2.75, 3.05) is 0 Å². The van der Waals surface area contributed by atoms with Gasteiger partial charge in [0.15, 0.2) is 0 Å². The summed E-state index contributed by atoms with van der Waals surface area (Å²) in [6, 6.07) is 1.47. The SMILES string of the molecule is Cn1cc(CNCc2cc(=O)n(C)c(=O)n2C)cn1. The van der Waals surface area contributed by atoms with Crippen molar-refractivity contribution in [3.8, 4) is 0 Å². The maximum atomic E-state index is 11.7. The summed E-state index contributed by atoms with van der Waals surface area (Å²) in [6.45, 7) is 1.09. The van der Waals surface area contributed by atoms with Gasteiger partial charge in [0, 0.05) is 57.8 Å². The third-order valence-corrected chi connectivity index (χ3v) is 3.02. The van der Waals surface area contributed by atoms with Crippen LogP contribution in [0, 0.1) is 0 Å². The maximum absolute atomic E-state index is 11.7. The standard InChI is InChI=1S/C12H17N5O2/c1-15-8-9(6-14-15)5-13-7-10-4-11(18)17(3)12(19)16(10)2/h4,6,8,13H,5,7H2,1-3H3. The molecule has 102 valence electrons. The highest BCUT2D eigenvalue weighted by molar-refractivity contribution is 5.05. The molecule has 0 atom stereocenters. The van der Waals surface area contributed by atoms with Crippen LogP contribution in [0.4, 0.5) is 0 Å². The maximum Gasteiger partial charge on any atom is 0.330 e. The lowest BCUT2D eigenvalue weighted by Gasteiger charge is -2.09. The van der Waals surface area contributed by atoms with Crippen molar-refractivity contribution in [3.05, 3.63) is 50.6 Å². The molecule has 7 nitrogen and oxygen atoms in total. The van der Waals surface area contributed by atoms with E-state index in [9.17, 15) is 9.59 Å². The van der Waals surface area contributed by atoms with Gasteiger partial charge in [-0.1, -0.05) is 0 Å². The van der Waals surface area contributed by atoms with Crippen molar-refractivity contribution >= 4 is 0 Å². The van der Waals surface area contributed by atoms with Gasteiger partial charge in [0.25, 0.3) is 5.56 Å². The normalized spacial score (nSPS) is 10.9. The molecule has 2 aromatic heterocycles. The van der Waals surface area contributed by atoms with E-state index >= 15 is 0 Å². The molecule has 0 radical (unpaired) electrons. The third-order valence-electron chi connectivity index (χ3n) is 3.02. The van der Waals surface area contributed by atoms with Crippen LogP contribution in [0.3, 0.4) is 0 Å². The highest BCUT2D eigenvalue weighted by Gasteiger charge is 2.05. The number of nitrogens with zero attached hydrogens (tertiary/aromatic N) is 4. The first kappa shape index (κ1) is 13.3. The molecule has 0 aliphatic rings. The molecule has 0 aliphatic heterocycles. The van der Waals surface area contributed by atoms with Crippen molar-refractivity contribution in [3.63, 3.8) is 0 Å². The van der Waals surface area contributed by atoms with E-state index in [1.165, 1.54) is 17.7 Å². The first-order chi connectivity index (χ1) is 8.99. The van der Waals surface area contributed by atoms with Crippen LogP contribution >= 0.6 is 0 Å². The van der Waals surface area contributed by atoms with Crippen molar-refractivity contribution in [2.45, 2.75) is 13.1 Å². The van der Waals surface area contributed by atoms with E-state index in [4.69, 9.17) is 0 Å². The van der Waals surface area contributed by atoms with Gasteiger partial charge < -0.3 is 5.32 Å². The van der Waals surface area contributed by atoms with Crippen molar-refractivity contribution in [1.29, 1.82) is 0 Å². The van der Waals surface area contributed by atoms with Gasteiger partial charge in [-0.25, -0.2) is 4.79 Å². The van der Waals surface area contributed by atoms with Gasteiger partial charge in [-0.2, -0.15) is 5.10 Å². The van der Waals surface area contributed by atoms with Crippen LogP contribution in [0.25, 0.3) is 0 Å². The zero-order valence-electron chi connectivity index (χ0n) is 11.3. The zero-order chi connectivity index (χ0) is 14.0. The van der Waals surface area contributed by atoms with Crippen LogP contribution in [0.1, 0.15) is 11.3 Å². The lowest BCUT2D eigenvalue weighted by Crippen LogP contribution is -2.38.